The maximum atomic E-state index is 9.43. The van der Waals surface area contributed by atoms with Crippen LogP contribution >= 0.6 is 11.8 Å². The molecule has 0 aliphatic carbocycles. The van der Waals surface area contributed by atoms with E-state index in [2.05, 4.69) is 6.58 Å². The number of phenols is 1. The summed E-state index contributed by atoms with van der Waals surface area (Å²) < 4.78 is 0. The molecule has 3 nitrogen and oxygen atoms in total. The quantitative estimate of drug-likeness (QED) is 0.299. The Hall–Kier alpha value is -1.42. The van der Waals surface area contributed by atoms with Gasteiger partial charge in [0, 0.05) is 16.2 Å². The maximum Gasteiger partial charge on any atom is 0.124 e. The summed E-state index contributed by atoms with van der Waals surface area (Å²) in [6, 6.07) is 4.76. The lowest BCUT2D eigenvalue weighted by atomic mass is 10.2. The Labute approximate surface area is 80.8 Å². The lowest BCUT2D eigenvalue weighted by Crippen LogP contribution is -1.87. The van der Waals surface area contributed by atoms with Crippen LogP contribution in [0.5, 0.6) is 5.75 Å². The Balaban J connectivity index is 3.05. The minimum atomic E-state index is 0.133. The zero-order chi connectivity index (χ0) is 9.84. The molecule has 0 radical (unpaired) electrons. The molecule has 0 bridgehead atoms. The number of benzene rings is 1. The highest BCUT2D eigenvalue weighted by Gasteiger charge is 2.04. The van der Waals surface area contributed by atoms with E-state index in [1.54, 1.807) is 12.1 Å². The number of nitrogens with two attached hydrogens (primary N) is 1. The van der Waals surface area contributed by atoms with Gasteiger partial charge in [-0.05, 0) is 18.2 Å². The van der Waals surface area contributed by atoms with Gasteiger partial charge in [-0.25, -0.2) is 0 Å². The van der Waals surface area contributed by atoms with Crippen LogP contribution in [0.15, 0.2) is 24.8 Å². The summed E-state index contributed by atoms with van der Waals surface area (Å²) in [7, 11) is 0. The van der Waals surface area contributed by atoms with Crippen LogP contribution in [-0.2, 0) is 0 Å². The van der Waals surface area contributed by atoms with Crippen LogP contribution in [-0.4, -0.2) is 10.7 Å². The van der Waals surface area contributed by atoms with Gasteiger partial charge in [-0.1, -0.05) is 18.3 Å². The summed E-state index contributed by atoms with van der Waals surface area (Å²) in [4.78, 5) is 0.611. The van der Waals surface area contributed by atoms with Crippen molar-refractivity contribution in [3.63, 3.8) is 0 Å². The summed E-state index contributed by atoms with van der Waals surface area (Å²) in [6.07, 6.45) is 0. The van der Waals surface area contributed by atoms with Crippen molar-refractivity contribution >= 4 is 27.9 Å². The van der Waals surface area contributed by atoms with Crippen molar-refractivity contribution in [3.8, 4) is 5.75 Å². The minimum Gasteiger partial charge on any atom is -0.507 e. The molecule has 0 unspecified atom stereocenters. The van der Waals surface area contributed by atoms with Gasteiger partial charge in [-0.15, -0.1) is 0 Å². The predicted octanol–water partition coefficient (Wildman–Crippen LogP) is 2.29. The van der Waals surface area contributed by atoms with E-state index in [1.165, 1.54) is 6.07 Å². The van der Waals surface area contributed by atoms with E-state index < -0.39 is 0 Å². The molecular formula is C9H10N2OS. The topological polar surface area (TPSA) is 70.1 Å². The first-order valence-electron chi connectivity index (χ1n) is 3.58. The third-order valence-corrected chi connectivity index (χ3v) is 2.14. The molecule has 0 spiro atoms. The normalized spacial score (nSPS) is 9.54. The third-order valence-electron chi connectivity index (χ3n) is 1.52. The van der Waals surface area contributed by atoms with Gasteiger partial charge in [0.15, 0.2) is 0 Å². The molecule has 1 aromatic rings. The van der Waals surface area contributed by atoms with Crippen LogP contribution in [0.3, 0.4) is 0 Å². The molecule has 0 heterocycles. The van der Waals surface area contributed by atoms with E-state index in [0.29, 0.717) is 16.2 Å². The molecule has 4 N–H and O–H groups in total. The summed E-state index contributed by atoms with van der Waals surface area (Å²) in [5, 5.41) is 16.3. The minimum absolute atomic E-state index is 0.133. The fraction of sp³-hybridized carbons (Fsp3) is 0. The first-order chi connectivity index (χ1) is 6.15. The van der Waals surface area contributed by atoms with Gasteiger partial charge in [0.1, 0.15) is 5.75 Å². The van der Waals surface area contributed by atoms with Gasteiger partial charge in [0.25, 0.3) is 0 Å². The molecule has 0 saturated heterocycles. The van der Waals surface area contributed by atoms with Gasteiger partial charge in [0.2, 0.25) is 0 Å². The molecule has 1 aromatic carbocycles. The van der Waals surface area contributed by atoms with Crippen LogP contribution in [0.4, 0.5) is 5.69 Å². The zero-order valence-electron chi connectivity index (χ0n) is 6.95. The molecule has 0 fully saturated rings. The molecule has 13 heavy (non-hydrogen) atoms. The molecule has 0 aliphatic heterocycles. The largest absolute Gasteiger partial charge is 0.507 e. The summed E-state index contributed by atoms with van der Waals surface area (Å²) in [6.45, 7) is 3.71. The molecule has 0 amide bonds. The average Bonchev–Trinajstić information content (AvgIpc) is 2.09. The summed E-state index contributed by atoms with van der Waals surface area (Å²) in [5.41, 5.74) is 7.85. The van der Waals surface area contributed by atoms with Crippen LogP contribution in [0.1, 0.15) is 5.56 Å². The molecule has 4 heteroatoms. The number of nitrogens with one attached hydrogen (secondary N) is 1. The van der Waals surface area contributed by atoms with Gasteiger partial charge >= 0.3 is 0 Å². The van der Waals surface area contributed by atoms with Crippen molar-refractivity contribution in [1.82, 2.24) is 0 Å². The molecule has 0 aliphatic rings. The molecule has 0 atom stereocenters. The highest BCUT2D eigenvalue weighted by molar-refractivity contribution is 8.19. The number of thioether (sulfide) groups is 1. The van der Waals surface area contributed by atoms with Crippen molar-refractivity contribution in [1.29, 1.82) is 5.41 Å². The highest BCUT2D eigenvalue weighted by Crippen LogP contribution is 2.31. The van der Waals surface area contributed by atoms with E-state index in [9.17, 15) is 5.11 Å². The van der Waals surface area contributed by atoms with Crippen LogP contribution < -0.4 is 5.73 Å². The Morgan fingerprint density at radius 2 is 2.31 bits per heavy atom. The van der Waals surface area contributed by atoms with Gasteiger partial charge < -0.3 is 16.2 Å². The molecule has 0 saturated carbocycles. The second-order valence-corrected chi connectivity index (χ2v) is 3.40. The van der Waals surface area contributed by atoms with Gasteiger partial charge in [-0.3, -0.25) is 0 Å². The molecule has 1 rings (SSSR count). The fourth-order valence-corrected chi connectivity index (χ4v) is 1.34. The van der Waals surface area contributed by atoms with Gasteiger partial charge in [0.05, 0.1) is 5.55 Å². The Morgan fingerprint density at radius 1 is 1.62 bits per heavy atom. The number of hydrogen-bond donors (Lipinski definition) is 3. The maximum absolute atomic E-state index is 9.43. The second-order valence-electron chi connectivity index (χ2n) is 2.44. The first-order valence-corrected chi connectivity index (χ1v) is 4.46. The van der Waals surface area contributed by atoms with E-state index >= 15 is 0 Å². The molecular weight excluding hydrogens is 184 g/mol. The van der Waals surface area contributed by atoms with Crippen molar-refractivity contribution in [2.75, 3.05) is 5.73 Å². The van der Waals surface area contributed by atoms with E-state index in [4.69, 9.17) is 11.1 Å². The lowest BCUT2D eigenvalue weighted by Gasteiger charge is -2.05. The number of aromatic hydroxyl groups is 1. The summed E-state index contributed by atoms with van der Waals surface area (Å²) >= 11 is 1.14. The smallest absolute Gasteiger partial charge is 0.124 e. The molecule has 68 valence electrons. The van der Waals surface area contributed by atoms with Crippen molar-refractivity contribution in [3.05, 3.63) is 30.3 Å². The predicted molar refractivity (Wildman–Crippen MR) is 57.9 cm³/mol. The summed E-state index contributed by atoms with van der Waals surface area (Å²) in [5.74, 6) is 0.133. The van der Waals surface area contributed by atoms with Gasteiger partial charge in [-0.2, -0.15) is 0 Å². The number of rotatable bonds is 3. The van der Waals surface area contributed by atoms with Crippen molar-refractivity contribution in [2.24, 2.45) is 0 Å². The number of phenolic OH excluding ortho intramolecular Hbond substituents is 1. The monoisotopic (exact) mass is 194 g/mol. The zero-order valence-corrected chi connectivity index (χ0v) is 7.77. The number of anilines is 1. The van der Waals surface area contributed by atoms with E-state index in [0.717, 1.165) is 17.3 Å². The SMILES string of the molecule is C=C(SC=N)c1cc(N)ccc1O. The van der Waals surface area contributed by atoms with Crippen molar-refractivity contribution in [2.45, 2.75) is 0 Å². The second kappa shape index (κ2) is 4.00. The Morgan fingerprint density at radius 3 is 2.92 bits per heavy atom. The number of nitrogen functional groups attached to an aromatic ring is 1. The Bertz CT molecular complexity index is 349. The van der Waals surface area contributed by atoms with Crippen LogP contribution in [0.2, 0.25) is 0 Å². The highest BCUT2D eigenvalue weighted by atomic mass is 32.2. The van der Waals surface area contributed by atoms with Crippen molar-refractivity contribution < 1.29 is 5.11 Å². The van der Waals surface area contributed by atoms with E-state index in [-0.39, 0.29) is 5.75 Å². The fourth-order valence-electron chi connectivity index (χ4n) is 0.912. The third kappa shape index (κ3) is 2.26. The van der Waals surface area contributed by atoms with Crippen LogP contribution in [0, 0.1) is 5.41 Å². The lowest BCUT2D eigenvalue weighted by molar-refractivity contribution is 0.474. The van der Waals surface area contributed by atoms with Crippen LogP contribution in [0.25, 0.3) is 4.91 Å². The molecule has 0 aromatic heterocycles. The first kappa shape index (κ1) is 9.67. The average molecular weight is 194 g/mol. The standard InChI is InChI=1S/C9H10N2OS/c1-6(13-5-10)8-4-7(11)2-3-9(8)12/h2-5,10,12H,1,11H2. The Kier molecular flexibility index (Phi) is 2.97. The van der Waals surface area contributed by atoms with E-state index in [1.807, 2.05) is 0 Å². The number of hydrogen-bond acceptors (Lipinski definition) is 4.